The Morgan fingerprint density at radius 2 is 2.20 bits per heavy atom. The van der Waals surface area contributed by atoms with E-state index in [4.69, 9.17) is 0 Å². The molecule has 1 saturated carbocycles. The summed E-state index contributed by atoms with van der Waals surface area (Å²) in [6, 6.07) is 0.368. The molecule has 3 atom stereocenters. The SMILES string of the molecule is CC1CCC1(C)C(=O)N[C@H]1CCNC1.Cl. The highest BCUT2D eigenvalue weighted by molar-refractivity contribution is 5.85. The van der Waals surface area contributed by atoms with Gasteiger partial charge in [0.2, 0.25) is 5.91 Å². The van der Waals surface area contributed by atoms with Crippen molar-refractivity contribution in [3.8, 4) is 0 Å². The molecule has 1 aliphatic carbocycles. The zero-order chi connectivity index (χ0) is 10.2. The smallest absolute Gasteiger partial charge is 0.226 e. The van der Waals surface area contributed by atoms with E-state index in [-0.39, 0.29) is 23.7 Å². The van der Waals surface area contributed by atoms with E-state index >= 15 is 0 Å². The number of amides is 1. The zero-order valence-electron chi connectivity index (χ0n) is 9.51. The first-order chi connectivity index (χ1) is 6.63. The lowest BCUT2D eigenvalue weighted by Crippen LogP contribution is -2.52. The number of carbonyl (C=O) groups is 1. The maximum absolute atomic E-state index is 12.0. The van der Waals surface area contributed by atoms with Crippen molar-refractivity contribution in [1.29, 1.82) is 0 Å². The van der Waals surface area contributed by atoms with Crippen molar-refractivity contribution in [3.63, 3.8) is 0 Å². The van der Waals surface area contributed by atoms with Crippen molar-refractivity contribution < 1.29 is 4.79 Å². The van der Waals surface area contributed by atoms with Crippen LogP contribution in [-0.2, 0) is 4.79 Å². The summed E-state index contributed by atoms with van der Waals surface area (Å²) in [7, 11) is 0. The van der Waals surface area contributed by atoms with Crippen molar-refractivity contribution >= 4 is 18.3 Å². The second kappa shape index (κ2) is 4.71. The first-order valence-corrected chi connectivity index (χ1v) is 5.64. The van der Waals surface area contributed by atoms with Crippen LogP contribution in [-0.4, -0.2) is 25.0 Å². The minimum Gasteiger partial charge on any atom is -0.352 e. The molecule has 0 bridgehead atoms. The van der Waals surface area contributed by atoms with Crippen LogP contribution in [0.4, 0.5) is 0 Å². The molecule has 0 aromatic heterocycles. The van der Waals surface area contributed by atoms with Gasteiger partial charge in [-0.3, -0.25) is 4.79 Å². The zero-order valence-corrected chi connectivity index (χ0v) is 10.3. The third-order valence-electron chi connectivity index (χ3n) is 4.10. The minimum atomic E-state index is -0.0808. The molecule has 0 aromatic carbocycles. The van der Waals surface area contributed by atoms with E-state index in [1.54, 1.807) is 0 Å². The molecular formula is C11H21ClN2O. The van der Waals surface area contributed by atoms with E-state index < -0.39 is 0 Å². The molecule has 1 aliphatic heterocycles. The number of hydrogen-bond acceptors (Lipinski definition) is 2. The molecule has 15 heavy (non-hydrogen) atoms. The fourth-order valence-corrected chi connectivity index (χ4v) is 2.33. The van der Waals surface area contributed by atoms with Crippen LogP contribution in [0.1, 0.15) is 33.1 Å². The summed E-state index contributed by atoms with van der Waals surface area (Å²) in [6.45, 7) is 6.25. The Morgan fingerprint density at radius 1 is 1.47 bits per heavy atom. The van der Waals surface area contributed by atoms with E-state index in [0.717, 1.165) is 25.9 Å². The highest BCUT2D eigenvalue weighted by atomic mass is 35.5. The Morgan fingerprint density at radius 3 is 2.60 bits per heavy atom. The average Bonchev–Trinajstić information content (AvgIpc) is 2.66. The molecule has 2 aliphatic rings. The van der Waals surface area contributed by atoms with Crippen LogP contribution in [0.2, 0.25) is 0 Å². The van der Waals surface area contributed by atoms with Crippen molar-refractivity contribution in [1.82, 2.24) is 10.6 Å². The van der Waals surface area contributed by atoms with Crippen LogP contribution in [0.25, 0.3) is 0 Å². The molecule has 1 heterocycles. The highest BCUT2D eigenvalue weighted by Gasteiger charge is 2.46. The van der Waals surface area contributed by atoms with Gasteiger partial charge in [-0.05, 0) is 31.7 Å². The topological polar surface area (TPSA) is 41.1 Å². The summed E-state index contributed by atoms with van der Waals surface area (Å²) >= 11 is 0. The molecule has 2 fully saturated rings. The van der Waals surface area contributed by atoms with Gasteiger partial charge in [-0.25, -0.2) is 0 Å². The van der Waals surface area contributed by atoms with E-state index in [1.165, 1.54) is 6.42 Å². The van der Waals surface area contributed by atoms with Crippen LogP contribution in [0.3, 0.4) is 0 Å². The van der Waals surface area contributed by atoms with Gasteiger partial charge < -0.3 is 10.6 Å². The van der Waals surface area contributed by atoms with Gasteiger partial charge in [0.15, 0.2) is 0 Å². The van der Waals surface area contributed by atoms with Gasteiger partial charge in [-0.2, -0.15) is 0 Å². The Bertz CT molecular complexity index is 241. The number of rotatable bonds is 2. The molecular weight excluding hydrogens is 212 g/mol. The van der Waals surface area contributed by atoms with Gasteiger partial charge in [-0.15, -0.1) is 12.4 Å². The van der Waals surface area contributed by atoms with Crippen LogP contribution in [0.5, 0.6) is 0 Å². The number of hydrogen-bond donors (Lipinski definition) is 2. The number of carbonyl (C=O) groups excluding carboxylic acids is 1. The van der Waals surface area contributed by atoms with E-state index in [9.17, 15) is 4.79 Å². The summed E-state index contributed by atoms with van der Waals surface area (Å²) in [5, 5.41) is 6.41. The Hall–Kier alpha value is -0.280. The van der Waals surface area contributed by atoms with Crippen LogP contribution >= 0.6 is 12.4 Å². The standard InChI is InChI=1S/C11H20N2O.ClH/c1-8-3-5-11(8,2)10(14)13-9-4-6-12-7-9;/h8-9,12H,3-7H2,1-2H3,(H,13,14);1H/t8?,9-,11?;/m0./s1. The molecule has 2 N–H and O–H groups in total. The van der Waals surface area contributed by atoms with Crippen molar-refractivity contribution in [2.75, 3.05) is 13.1 Å². The third-order valence-corrected chi connectivity index (χ3v) is 4.10. The molecule has 88 valence electrons. The van der Waals surface area contributed by atoms with Crippen LogP contribution in [0, 0.1) is 11.3 Å². The van der Waals surface area contributed by atoms with Crippen molar-refractivity contribution in [2.45, 2.75) is 39.2 Å². The lowest BCUT2D eigenvalue weighted by molar-refractivity contribution is -0.139. The maximum atomic E-state index is 12.0. The minimum absolute atomic E-state index is 0. The van der Waals surface area contributed by atoms with Crippen LogP contribution in [0.15, 0.2) is 0 Å². The highest BCUT2D eigenvalue weighted by Crippen LogP contribution is 2.46. The van der Waals surface area contributed by atoms with E-state index in [0.29, 0.717) is 12.0 Å². The quantitative estimate of drug-likeness (QED) is 0.754. The summed E-state index contributed by atoms with van der Waals surface area (Å²) in [5.74, 6) is 0.821. The molecule has 0 radical (unpaired) electrons. The molecule has 3 nitrogen and oxygen atoms in total. The Kier molecular flexibility index (Phi) is 4.01. The van der Waals surface area contributed by atoms with Gasteiger partial charge in [0, 0.05) is 18.0 Å². The molecule has 0 spiro atoms. The largest absolute Gasteiger partial charge is 0.352 e. The second-order valence-corrected chi connectivity index (χ2v) is 5.02. The fourth-order valence-electron chi connectivity index (χ4n) is 2.33. The molecule has 2 unspecified atom stereocenters. The van der Waals surface area contributed by atoms with E-state index in [2.05, 4.69) is 24.5 Å². The predicted octanol–water partition coefficient (Wildman–Crippen LogP) is 1.32. The summed E-state index contributed by atoms with van der Waals surface area (Å²) in [5.41, 5.74) is -0.0808. The second-order valence-electron chi connectivity index (χ2n) is 5.02. The van der Waals surface area contributed by atoms with Crippen molar-refractivity contribution in [3.05, 3.63) is 0 Å². The van der Waals surface area contributed by atoms with Crippen LogP contribution < -0.4 is 10.6 Å². The van der Waals surface area contributed by atoms with Gasteiger partial charge in [0.25, 0.3) is 0 Å². The molecule has 4 heteroatoms. The number of halogens is 1. The molecule has 2 rings (SSSR count). The Balaban J connectivity index is 0.00000112. The van der Waals surface area contributed by atoms with Gasteiger partial charge >= 0.3 is 0 Å². The monoisotopic (exact) mass is 232 g/mol. The normalized spacial score (nSPS) is 39.1. The third kappa shape index (κ3) is 2.28. The van der Waals surface area contributed by atoms with Gasteiger partial charge in [-0.1, -0.05) is 13.8 Å². The lowest BCUT2D eigenvalue weighted by atomic mass is 9.61. The Labute approximate surface area is 97.8 Å². The van der Waals surface area contributed by atoms with E-state index in [1.807, 2.05) is 0 Å². The summed E-state index contributed by atoms with van der Waals surface area (Å²) < 4.78 is 0. The fraction of sp³-hybridized carbons (Fsp3) is 0.909. The summed E-state index contributed by atoms with van der Waals surface area (Å²) in [6.07, 6.45) is 3.34. The van der Waals surface area contributed by atoms with Gasteiger partial charge in [0.1, 0.15) is 0 Å². The van der Waals surface area contributed by atoms with Crippen molar-refractivity contribution in [2.24, 2.45) is 11.3 Å². The molecule has 0 aromatic rings. The number of nitrogens with one attached hydrogen (secondary N) is 2. The average molecular weight is 233 g/mol. The molecule has 1 saturated heterocycles. The first kappa shape index (κ1) is 12.8. The summed E-state index contributed by atoms with van der Waals surface area (Å²) in [4.78, 5) is 12.0. The lowest BCUT2D eigenvalue weighted by Gasteiger charge is -2.44. The molecule has 1 amide bonds. The van der Waals surface area contributed by atoms with Gasteiger partial charge in [0.05, 0.1) is 0 Å². The predicted molar refractivity (Wildman–Crippen MR) is 63.2 cm³/mol. The first-order valence-electron chi connectivity index (χ1n) is 5.64. The maximum Gasteiger partial charge on any atom is 0.226 e.